The first-order valence-corrected chi connectivity index (χ1v) is 6.54. The van der Waals surface area contributed by atoms with E-state index in [0.29, 0.717) is 13.2 Å². The Morgan fingerprint density at radius 2 is 2.21 bits per heavy atom. The van der Waals surface area contributed by atoms with Crippen LogP contribution in [0.25, 0.3) is 0 Å². The van der Waals surface area contributed by atoms with Gasteiger partial charge in [0.2, 0.25) is 0 Å². The van der Waals surface area contributed by atoms with Crippen molar-refractivity contribution >= 4 is 12.0 Å². The summed E-state index contributed by atoms with van der Waals surface area (Å²) in [4.78, 5) is 24.3. The number of aliphatic carboxylic acids is 1. The molecule has 0 saturated carbocycles. The smallest absolute Gasteiger partial charge is 0.326 e. The fourth-order valence-electron chi connectivity index (χ4n) is 2.61. The van der Waals surface area contributed by atoms with Gasteiger partial charge < -0.3 is 25.2 Å². The Kier molecular flexibility index (Phi) is 4.26. The lowest BCUT2D eigenvalue weighted by molar-refractivity contribution is -0.141. The Hall–Kier alpha value is -1.34. The standard InChI is InChI=1S/C12H20N2O5/c1-7(8-2-3-19-6-8)13-12(18)14-5-9(15)4-10(14)11(16)17/h7-10,15H,2-6H2,1H3,(H,13,18)(H,16,17)/t7?,8?,9-,10+/m1/s1. The number of ether oxygens (including phenoxy) is 1. The van der Waals surface area contributed by atoms with Gasteiger partial charge in [-0.1, -0.05) is 0 Å². The molecule has 0 bridgehead atoms. The monoisotopic (exact) mass is 272 g/mol. The lowest BCUT2D eigenvalue weighted by atomic mass is 10.0. The van der Waals surface area contributed by atoms with Crippen LogP contribution in [0.2, 0.25) is 0 Å². The molecule has 108 valence electrons. The van der Waals surface area contributed by atoms with Crippen molar-refractivity contribution in [3.63, 3.8) is 0 Å². The van der Waals surface area contributed by atoms with E-state index in [1.807, 2.05) is 6.92 Å². The van der Waals surface area contributed by atoms with Crippen molar-refractivity contribution < 1.29 is 24.5 Å². The minimum atomic E-state index is -1.08. The second kappa shape index (κ2) is 5.75. The SMILES string of the molecule is CC(NC(=O)N1C[C@H](O)C[C@H]1C(=O)O)C1CCOC1. The summed E-state index contributed by atoms with van der Waals surface area (Å²) in [6, 6.07) is -1.44. The lowest BCUT2D eigenvalue weighted by Crippen LogP contribution is -2.50. The second-order valence-electron chi connectivity index (χ2n) is 5.26. The molecular formula is C12H20N2O5. The van der Waals surface area contributed by atoms with Gasteiger partial charge in [-0.25, -0.2) is 9.59 Å². The molecule has 19 heavy (non-hydrogen) atoms. The quantitative estimate of drug-likeness (QED) is 0.651. The van der Waals surface area contributed by atoms with E-state index in [9.17, 15) is 14.7 Å². The number of hydrogen-bond acceptors (Lipinski definition) is 4. The van der Waals surface area contributed by atoms with E-state index in [1.54, 1.807) is 0 Å². The second-order valence-corrected chi connectivity index (χ2v) is 5.26. The average molecular weight is 272 g/mol. The molecular weight excluding hydrogens is 252 g/mol. The Morgan fingerprint density at radius 3 is 2.79 bits per heavy atom. The van der Waals surface area contributed by atoms with E-state index in [4.69, 9.17) is 9.84 Å². The van der Waals surface area contributed by atoms with Crippen LogP contribution in [0.4, 0.5) is 4.79 Å². The summed E-state index contributed by atoms with van der Waals surface area (Å²) in [5.41, 5.74) is 0. The van der Waals surface area contributed by atoms with Gasteiger partial charge >= 0.3 is 12.0 Å². The molecule has 2 aliphatic rings. The Bertz CT molecular complexity index is 356. The van der Waals surface area contributed by atoms with Crippen molar-refractivity contribution in [3.05, 3.63) is 0 Å². The molecule has 2 amide bonds. The predicted molar refractivity (Wildman–Crippen MR) is 65.7 cm³/mol. The van der Waals surface area contributed by atoms with Gasteiger partial charge in [-0.3, -0.25) is 0 Å². The molecule has 0 radical (unpaired) electrons. The number of aliphatic hydroxyl groups excluding tert-OH is 1. The summed E-state index contributed by atoms with van der Waals surface area (Å²) >= 11 is 0. The Labute approximate surface area is 111 Å². The van der Waals surface area contributed by atoms with Crippen LogP contribution >= 0.6 is 0 Å². The summed E-state index contributed by atoms with van der Waals surface area (Å²) in [5.74, 6) is -0.816. The molecule has 0 aromatic carbocycles. The number of likely N-dealkylation sites (tertiary alicyclic amines) is 1. The molecule has 2 fully saturated rings. The van der Waals surface area contributed by atoms with Gasteiger partial charge in [0, 0.05) is 31.5 Å². The number of aliphatic hydroxyl groups is 1. The molecule has 3 N–H and O–H groups in total. The van der Waals surface area contributed by atoms with E-state index >= 15 is 0 Å². The van der Waals surface area contributed by atoms with Gasteiger partial charge in [-0.15, -0.1) is 0 Å². The van der Waals surface area contributed by atoms with E-state index in [1.165, 1.54) is 4.90 Å². The van der Waals surface area contributed by atoms with Crippen molar-refractivity contribution in [2.75, 3.05) is 19.8 Å². The van der Waals surface area contributed by atoms with Gasteiger partial charge in [0.1, 0.15) is 6.04 Å². The Balaban J connectivity index is 1.92. The molecule has 2 rings (SSSR count). The average Bonchev–Trinajstić information content (AvgIpc) is 2.96. The van der Waals surface area contributed by atoms with Crippen LogP contribution in [0.3, 0.4) is 0 Å². The predicted octanol–water partition coefficient (Wildman–Crippen LogP) is -0.359. The molecule has 4 atom stereocenters. The first-order valence-electron chi connectivity index (χ1n) is 6.54. The number of urea groups is 1. The van der Waals surface area contributed by atoms with Crippen molar-refractivity contribution in [2.45, 2.75) is 38.0 Å². The number of amides is 2. The fraction of sp³-hybridized carbons (Fsp3) is 0.833. The highest BCUT2D eigenvalue weighted by atomic mass is 16.5. The summed E-state index contributed by atoms with van der Waals surface area (Å²) in [6.07, 6.45) is 0.216. The number of β-amino-alcohol motifs (C(OH)–C–C–N with tert-alkyl or cyclic N) is 1. The number of carbonyl (C=O) groups excluding carboxylic acids is 1. The Morgan fingerprint density at radius 1 is 1.47 bits per heavy atom. The minimum absolute atomic E-state index is 0.0662. The number of nitrogens with one attached hydrogen (secondary N) is 1. The maximum atomic E-state index is 12.1. The molecule has 7 nitrogen and oxygen atoms in total. The molecule has 2 aliphatic heterocycles. The number of nitrogens with zero attached hydrogens (tertiary/aromatic N) is 1. The van der Waals surface area contributed by atoms with E-state index in [0.717, 1.165) is 6.42 Å². The van der Waals surface area contributed by atoms with Crippen LogP contribution in [0.15, 0.2) is 0 Å². The maximum Gasteiger partial charge on any atom is 0.326 e. The van der Waals surface area contributed by atoms with Gasteiger partial charge in [-0.05, 0) is 13.3 Å². The van der Waals surface area contributed by atoms with Crippen LogP contribution in [-0.2, 0) is 9.53 Å². The zero-order chi connectivity index (χ0) is 14.0. The number of carboxylic acids is 1. The molecule has 2 heterocycles. The van der Waals surface area contributed by atoms with Gasteiger partial charge in [-0.2, -0.15) is 0 Å². The fourth-order valence-corrected chi connectivity index (χ4v) is 2.61. The summed E-state index contributed by atoms with van der Waals surface area (Å²) in [6.45, 7) is 3.27. The number of carbonyl (C=O) groups is 2. The number of carboxylic acid groups (broad SMARTS) is 1. The van der Waals surface area contributed by atoms with Crippen LogP contribution in [-0.4, -0.2) is 65.1 Å². The largest absolute Gasteiger partial charge is 0.480 e. The molecule has 7 heteroatoms. The highest BCUT2D eigenvalue weighted by molar-refractivity contribution is 5.83. The van der Waals surface area contributed by atoms with Gasteiger partial charge in [0.25, 0.3) is 0 Å². The van der Waals surface area contributed by atoms with Crippen molar-refractivity contribution in [1.82, 2.24) is 10.2 Å². The van der Waals surface area contributed by atoms with E-state index in [-0.39, 0.29) is 24.9 Å². The van der Waals surface area contributed by atoms with E-state index < -0.39 is 24.1 Å². The zero-order valence-electron chi connectivity index (χ0n) is 10.9. The summed E-state index contributed by atoms with van der Waals surface area (Å²) in [5, 5.41) is 21.4. The highest BCUT2D eigenvalue weighted by Gasteiger charge is 2.39. The number of hydrogen-bond donors (Lipinski definition) is 3. The van der Waals surface area contributed by atoms with E-state index in [2.05, 4.69) is 5.32 Å². The first kappa shape index (κ1) is 14.1. The third-order valence-electron chi connectivity index (χ3n) is 3.85. The van der Waals surface area contributed by atoms with Crippen LogP contribution < -0.4 is 5.32 Å². The first-order chi connectivity index (χ1) is 8.99. The topological polar surface area (TPSA) is 99.1 Å². The molecule has 0 aromatic heterocycles. The highest BCUT2D eigenvalue weighted by Crippen LogP contribution is 2.20. The normalized spacial score (nSPS) is 32.3. The minimum Gasteiger partial charge on any atom is -0.480 e. The number of rotatable bonds is 3. The molecule has 2 saturated heterocycles. The molecule has 0 aliphatic carbocycles. The molecule has 0 aromatic rings. The maximum absolute atomic E-state index is 12.1. The third kappa shape index (κ3) is 3.16. The lowest BCUT2D eigenvalue weighted by Gasteiger charge is -2.26. The van der Waals surface area contributed by atoms with Crippen molar-refractivity contribution in [3.8, 4) is 0 Å². The molecule has 2 unspecified atom stereocenters. The van der Waals surface area contributed by atoms with Crippen LogP contribution in [0.1, 0.15) is 19.8 Å². The van der Waals surface area contributed by atoms with Crippen LogP contribution in [0.5, 0.6) is 0 Å². The summed E-state index contributed by atoms with van der Waals surface area (Å²) in [7, 11) is 0. The zero-order valence-corrected chi connectivity index (χ0v) is 10.9. The third-order valence-corrected chi connectivity index (χ3v) is 3.85. The van der Waals surface area contributed by atoms with Crippen molar-refractivity contribution in [2.24, 2.45) is 5.92 Å². The van der Waals surface area contributed by atoms with Gasteiger partial charge in [0.15, 0.2) is 0 Å². The van der Waals surface area contributed by atoms with Crippen molar-refractivity contribution in [1.29, 1.82) is 0 Å². The summed E-state index contributed by atoms with van der Waals surface area (Å²) < 4.78 is 5.26. The molecule has 0 spiro atoms. The van der Waals surface area contributed by atoms with Crippen LogP contribution in [0, 0.1) is 5.92 Å². The van der Waals surface area contributed by atoms with Gasteiger partial charge in [0.05, 0.1) is 12.7 Å².